The van der Waals surface area contributed by atoms with Crippen molar-refractivity contribution < 1.29 is 23.6 Å². The number of carbonyl (C=O) groups excluding carboxylic acids is 4. The van der Waals surface area contributed by atoms with E-state index in [4.69, 9.17) is 0 Å². The lowest BCUT2D eigenvalue weighted by atomic mass is 9.79. The quantitative estimate of drug-likeness (QED) is 0.294. The third-order valence-corrected chi connectivity index (χ3v) is 9.17. The molecule has 2 aliphatic rings. The van der Waals surface area contributed by atoms with Crippen LogP contribution in [0.25, 0.3) is 0 Å². The van der Waals surface area contributed by atoms with E-state index in [0.717, 1.165) is 25.1 Å². The van der Waals surface area contributed by atoms with Gasteiger partial charge in [-0.25, -0.2) is 4.39 Å². The lowest BCUT2D eigenvalue weighted by Gasteiger charge is -2.34. The normalized spacial score (nSPS) is 17.7. The number of rotatable bonds is 11. The molecule has 3 atom stereocenters. The zero-order valence-corrected chi connectivity index (χ0v) is 27.3. The number of nitrogens with zero attached hydrogens (tertiary/aromatic N) is 4. The van der Waals surface area contributed by atoms with Gasteiger partial charge in [0.05, 0.1) is 5.69 Å². The van der Waals surface area contributed by atoms with E-state index in [1.165, 1.54) is 23.9 Å². The molecule has 12 heteroatoms. The number of amides is 4. The van der Waals surface area contributed by atoms with Crippen LogP contribution in [-0.2, 0) is 40.2 Å². The first-order valence-corrected chi connectivity index (χ1v) is 16.4. The maximum Gasteiger partial charge on any atom is 0.270 e. The van der Waals surface area contributed by atoms with E-state index in [1.807, 2.05) is 32.2 Å². The van der Waals surface area contributed by atoms with Crippen molar-refractivity contribution in [2.75, 3.05) is 38.5 Å². The van der Waals surface area contributed by atoms with Gasteiger partial charge in [-0.1, -0.05) is 37.3 Å². The van der Waals surface area contributed by atoms with E-state index < -0.39 is 29.7 Å². The van der Waals surface area contributed by atoms with Crippen LogP contribution in [0.5, 0.6) is 0 Å². The first kappa shape index (κ1) is 33.8. The molecular formula is C35H44FN7O4. The van der Waals surface area contributed by atoms with Crippen LogP contribution < -0.4 is 16.0 Å². The number of likely N-dealkylation sites (N-methyl/N-ethyl adjacent to an activating group) is 1. The number of aromatic nitrogens is 2. The minimum atomic E-state index is -0.926. The molecule has 0 bridgehead atoms. The van der Waals surface area contributed by atoms with Crippen molar-refractivity contribution in [3.63, 3.8) is 0 Å². The number of hydrogen-bond donors (Lipinski definition) is 3. The monoisotopic (exact) mass is 645 g/mol. The summed E-state index contributed by atoms with van der Waals surface area (Å²) in [7, 11) is 1.99. The Balaban J connectivity index is 1.32. The molecule has 0 saturated carbocycles. The van der Waals surface area contributed by atoms with Crippen LogP contribution in [0.1, 0.15) is 53.9 Å². The summed E-state index contributed by atoms with van der Waals surface area (Å²) in [4.78, 5) is 56.7. The molecule has 250 valence electrons. The summed E-state index contributed by atoms with van der Waals surface area (Å²) >= 11 is 0. The summed E-state index contributed by atoms with van der Waals surface area (Å²) in [5.74, 6) is -2.29. The summed E-state index contributed by atoms with van der Waals surface area (Å²) in [6.07, 6.45) is 3.90. The Morgan fingerprint density at radius 1 is 0.979 bits per heavy atom. The molecule has 0 spiro atoms. The van der Waals surface area contributed by atoms with E-state index in [2.05, 4.69) is 32.0 Å². The smallest absolute Gasteiger partial charge is 0.270 e. The number of nitrogens with one attached hydrogen (secondary N) is 3. The molecule has 1 aliphatic carbocycles. The molecular weight excluding hydrogens is 601 g/mol. The van der Waals surface area contributed by atoms with E-state index in [0.29, 0.717) is 43.7 Å². The molecule has 1 aromatic heterocycles. The van der Waals surface area contributed by atoms with Crippen molar-refractivity contribution in [2.45, 2.75) is 64.6 Å². The van der Waals surface area contributed by atoms with E-state index in [1.54, 1.807) is 28.6 Å². The number of anilines is 1. The minimum absolute atomic E-state index is 0.0349. The zero-order chi connectivity index (χ0) is 33.5. The molecule has 47 heavy (non-hydrogen) atoms. The van der Waals surface area contributed by atoms with Gasteiger partial charge in [-0.05, 0) is 74.0 Å². The van der Waals surface area contributed by atoms with Crippen molar-refractivity contribution in [1.82, 2.24) is 30.2 Å². The van der Waals surface area contributed by atoms with Crippen molar-refractivity contribution in [2.24, 2.45) is 5.92 Å². The second kappa shape index (κ2) is 15.3. The highest BCUT2D eigenvalue weighted by Crippen LogP contribution is 2.29. The predicted molar refractivity (Wildman–Crippen MR) is 176 cm³/mol. The lowest BCUT2D eigenvalue weighted by molar-refractivity contribution is -0.137. The number of benzene rings is 2. The number of fused-ring (bicyclic) bond motifs is 1. The van der Waals surface area contributed by atoms with Crippen molar-refractivity contribution >= 4 is 29.3 Å². The topological polar surface area (TPSA) is 129 Å². The first-order valence-electron chi connectivity index (χ1n) is 16.4. The van der Waals surface area contributed by atoms with Crippen LogP contribution in [0.2, 0.25) is 0 Å². The van der Waals surface area contributed by atoms with Crippen LogP contribution >= 0.6 is 0 Å². The fraction of sp³-hybridized carbons (Fsp3) is 0.457. The third-order valence-electron chi connectivity index (χ3n) is 9.17. The van der Waals surface area contributed by atoms with Crippen LogP contribution in [0, 0.1) is 11.7 Å². The molecule has 2 heterocycles. The van der Waals surface area contributed by atoms with Gasteiger partial charge in [-0.2, -0.15) is 5.10 Å². The number of hydrogen-bond acceptors (Lipinski definition) is 6. The van der Waals surface area contributed by atoms with Gasteiger partial charge in [0, 0.05) is 51.8 Å². The summed E-state index contributed by atoms with van der Waals surface area (Å²) in [6.45, 7) is 6.66. The van der Waals surface area contributed by atoms with Gasteiger partial charge in [0.25, 0.3) is 5.91 Å². The summed E-state index contributed by atoms with van der Waals surface area (Å²) in [5, 5.41) is 12.6. The van der Waals surface area contributed by atoms with Crippen molar-refractivity contribution in [3.8, 4) is 0 Å². The Bertz CT molecular complexity index is 1600. The number of aryl methyl sites for hydroxylation is 2. The van der Waals surface area contributed by atoms with Gasteiger partial charge < -0.3 is 25.8 Å². The molecule has 3 aromatic rings. The Kier molecular flexibility index (Phi) is 11.0. The fourth-order valence-electron chi connectivity index (χ4n) is 6.38. The van der Waals surface area contributed by atoms with Crippen molar-refractivity contribution in [1.29, 1.82) is 0 Å². The lowest BCUT2D eigenvalue weighted by Crippen LogP contribution is -2.54. The maximum absolute atomic E-state index is 15.6. The molecule has 4 amide bonds. The molecule has 1 aliphatic heterocycles. The average molecular weight is 646 g/mol. The molecule has 1 fully saturated rings. The maximum atomic E-state index is 15.6. The summed E-state index contributed by atoms with van der Waals surface area (Å²) < 4.78 is 17.1. The van der Waals surface area contributed by atoms with Crippen LogP contribution in [0.3, 0.4) is 0 Å². The average Bonchev–Trinajstić information content (AvgIpc) is 3.57. The molecule has 2 unspecified atom stereocenters. The Hall–Kier alpha value is -4.58. The third kappa shape index (κ3) is 8.23. The Morgan fingerprint density at radius 2 is 1.72 bits per heavy atom. The molecule has 1 saturated heterocycles. The zero-order valence-electron chi connectivity index (χ0n) is 27.3. The second-order valence-corrected chi connectivity index (χ2v) is 12.4. The van der Waals surface area contributed by atoms with Crippen molar-refractivity contribution in [3.05, 3.63) is 82.9 Å². The fourth-order valence-corrected chi connectivity index (χ4v) is 6.38. The molecule has 5 rings (SSSR count). The number of piperazine rings is 1. The standard InChI is InChI=1S/C35H44FN7O4/c1-4-31(44)38-29(35(47)42-18-16-41(3)17-19-42)21-23-10-13-28(27(36)20-23)39-34(46)32(40-33(45)30-14-15-37-43(30)5-2)26-12-11-24-8-6-7-9-25(24)22-26/h6-10,13-15,20,26,29,32H,4-5,11-12,16-19,21-22H2,1-3H3,(H,38,44)(H,39,46)(H,40,45)/t26?,29-,32?/m1/s1. The molecule has 0 radical (unpaired) electrons. The highest BCUT2D eigenvalue weighted by molar-refractivity contribution is 6.00. The summed E-state index contributed by atoms with van der Waals surface area (Å²) in [6, 6.07) is 12.3. The largest absolute Gasteiger partial charge is 0.344 e. The van der Waals surface area contributed by atoms with E-state index in [-0.39, 0.29) is 36.3 Å². The van der Waals surface area contributed by atoms with Gasteiger partial charge in [0.2, 0.25) is 17.7 Å². The van der Waals surface area contributed by atoms with Gasteiger partial charge in [0.15, 0.2) is 0 Å². The van der Waals surface area contributed by atoms with E-state index in [9.17, 15) is 19.2 Å². The van der Waals surface area contributed by atoms with Gasteiger partial charge in [0.1, 0.15) is 23.6 Å². The highest BCUT2D eigenvalue weighted by atomic mass is 19.1. The van der Waals surface area contributed by atoms with Gasteiger partial charge >= 0.3 is 0 Å². The number of carbonyl (C=O) groups is 4. The van der Waals surface area contributed by atoms with Crippen LogP contribution in [0.4, 0.5) is 10.1 Å². The Morgan fingerprint density at radius 3 is 2.43 bits per heavy atom. The molecule has 11 nitrogen and oxygen atoms in total. The van der Waals surface area contributed by atoms with Gasteiger partial charge in [-0.3, -0.25) is 23.9 Å². The van der Waals surface area contributed by atoms with Crippen LogP contribution in [-0.4, -0.2) is 88.5 Å². The summed E-state index contributed by atoms with van der Waals surface area (Å²) in [5.41, 5.74) is 3.16. The SMILES string of the molecule is CCC(=O)N[C@H](Cc1ccc(NC(=O)C(NC(=O)c2ccnn2CC)C2CCc3ccccc3C2)c(F)c1)C(=O)N1CCN(C)CC1. The Labute approximate surface area is 274 Å². The number of halogens is 1. The second-order valence-electron chi connectivity index (χ2n) is 12.4. The van der Waals surface area contributed by atoms with E-state index >= 15 is 4.39 Å². The minimum Gasteiger partial charge on any atom is -0.344 e. The molecule has 2 aromatic carbocycles. The van der Waals surface area contributed by atoms with Gasteiger partial charge in [-0.15, -0.1) is 0 Å². The van der Waals surface area contributed by atoms with Crippen LogP contribution in [0.15, 0.2) is 54.7 Å². The molecule has 3 N–H and O–H groups in total. The highest BCUT2D eigenvalue weighted by Gasteiger charge is 2.34. The predicted octanol–water partition coefficient (Wildman–Crippen LogP) is 2.80. The first-order chi connectivity index (χ1) is 22.7.